The van der Waals surface area contributed by atoms with Gasteiger partial charge in [-0.2, -0.15) is 10.4 Å². The molecule has 0 amide bonds. The summed E-state index contributed by atoms with van der Waals surface area (Å²) in [4.78, 5) is 3.93. The SMILES string of the molecule is Cc1nc(C#N)c(N/N=C/c2ccc(OCc3ccccc3)cc2)o1. The van der Waals surface area contributed by atoms with Crippen molar-refractivity contribution in [2.75, 3.05) is 5.43 Å². The van der Waals surface area contributed by atoms with Gasteiger partial charge in [-0.25, -0.2) is 10.4 Å². The lowest BCUT2D eigenvalue weighted by Gasteiger charge is -2.06. The highest BCUT2D eigenvalue weighted by molar-refractivity contribution is 5.80. The summed E-state index contributed by atoms with van der Waals surface area (Å²) in [6, 6.07) is 19.5. The number of aryl methyl sites for hydroxylation is 1. The molecule has 0 aliphatic heterocycles. The number of oxazole rings is 1. The zero-order valence-electron chi connectivity index (χ0n) is 13.6. The van der Waals surface area contributed by atoms with E-state index in [1.807, 2.05) is 60.7 Å². The molecule has 0 saturated heterocycles. The van der Waals surface area contributed by atoms with Crippen LogP contribution in [-0.4, -0.2) is 11.2 Å². The van der Waals surface area contributed by atoms with E-state index in [9.17, 15) is 0 Å². The third-order valence-corrected chi connectivity index (χ3v) is 3.35. The molecular weight excluding hydrogens is 316 g/mol. The Hall–Kier alpha value is -3.59. The van der Waals surface area contributed by atoms with Gasteiger partial charge >= 0.3 is 0 Å². The molecule has 0 bridgehead atoms. The fraction of sp³-hybridized carbons (Fsp3) is 0.105. The van der Waals surface area contributed by atoms with Crippen LogP contribution in [0.15, 0.2) is 64.1 Å². The zero-order chi connectivity index (χ0) is 17.5. The molecule has 0 aliphatic rings. The number of hydrogen-bond donors (Lipinski definition) is 1. The van der Waals surface area contributed by atoms with E-state index in [0.717, 1.165) is 16.9 Å². The fourth-order valence-corrected chi connectivity index (χ4v) is 2.14. The molecule has 0 atom stereocenters. The van der Waals surface area contributed by atoms with Crippen LogP contribution in [0, 0.1) is 18.3 Å². The molecule has 1 N–H and O–H groups in total. The maximum Gasteiger partial charge on any atom is 0.252 e. The Morgan fingerprint density at radius 2 is 1.96 bits per heavy atom. The van der Waals surface area contributed by atoms with E-state index in [1.165, 1.54) is 0 Å². The largest absolute Gasteiger partial charge is 0.489 e. The van der Waals surface area contributed by atoms with Crippen LogP contribution in [0.2, 0.25) is 0 Å². The van der Waals surface area contributed by atoms with E-state index in [4.69, 9.17) is 14.4 Å². The summed E-state index contributed by atoms with van der Waals surface area (Å²) < 4.78 is 11.0. The number of nitriles is 1. The van der Waals surface area contributed by atoms with Crippen molar-refractivity contribution in [1.82, 2.24) is 4.98 Å². The summed E-state index contributed by atoms with van der Waals surface area (Å²) in [5.74, 6) is 1.43. The van der Waals surface area contributed by atoms with Crippen LogP contribution in [0.25, 0.3) is 0 Å². The van der Waals surface area contributed by atoms with Gasteiger partial charge in [-0.1, -0.05) is 30.3 Å². The third-order valence-electron chi connectivity index (χ3n) is 3.35. The van der Waals surface area contributed by atoms with Crippen molar-refractivity contribution in [1.29, 1.82) is 5.26 Å². The molecule has 0 unspecified atom stereocenters. The maximum atomic E-state index is 8.93. The van der Waals surface area contributed by atoms with Crippen LogP contribution in [0.3, 0.4) is 0 Å². The average molecular weight is 332 g/mol. The van der Waals surface area contributed by atoms with Crippen molar-refractivity contribution >= 4 is 12.1 Å². The number of aromatic nitrogens is 1. The lowest BCUT2D eigenvalue weighted by Crippen LogP contribution is -1.95. The summed E-state index contributed by atoms with van der Waals surface area (Å²) in [5.41, 5.74) is 4.86. The lowest BCUT2D eigenvalue weighted by atomic mass is 10.2. The van der Waals surface area contributed by atoms with Gasteiger partial charge in [0, 0.05) is 6.92 Å². The first kappa shape index (κ1) is 16.3. The number of rotatable bonds is 6. The van der Waals surface area contributed by atoms with Gasteiger partial charge in [0.25, 0.3) is 5.88 Å². The predicted octanol–water partition coefficient (Wildman–Crippen LogP) is 3.88. The van der Waals surface area contributed by atoms with Crippen LogP contribution in [0.4, 0.5) is 5.88 Å². The van der Waals surface area contributed by atoms with Crippen LogP contribution in [-0.2, 0) is 6.61 Å². The normalized spacial score (nSPS) is 10.6. The zero-order valence-corrected chi connectivity index (χ0v) is 13.6. The molecule has 0 radical (unpaired) electrons. The molecule has 6 nitrogen and oxygen atoms in total. The molecule has 3 rings (SSSR count). The second-order valence-corrected chi connectivity index (χ2v) is 5.24. The van der Waals surface area contributed by atoms with Crippen molar-refractivity contribution in [2.24, 2.45) is 5.10 Å². The Morgan fingerprint density at radius 1 is 1.20 bits per heavy atom. The topological polar surface area (TPSA) is 83.4 Å². The van der Waals surface area contributed by atoms with Crippen molar-refractivity contribution in [3.63, 3.8) is 0 Å². The fourth-order valence-electron chi connectivity index (χ4n) is 2.14. The maximum absolute atomic E-state index is 8.93. The van der Waals surface area contributed by atoms with Gasteiger partial charge in [-0.05, 0) is 35.4 Å². The summed E-state index contributed by atoms with van der Waals surface area (Å²) in [5, 5.41) is 13.0. The number of hydrogen-bond acceptors (Lipinski definition) is 6. The molecule has 1 heterocycles. The predicted molar refractivity (Wildman–Crippen MR) is 94.4 cm³/mol. The van der Waals surface area contributed by atoms with Gasteiger partial charge in [0.1, 0.15) is 18.4 Å². The smallest absolute Gasteiger partial charge is 0.252 e. The average Bonchev–Trinajstić information content (AvgIpc) is 3.01. The second kappa shape index (κ2) is 7.79. The van der Waals surface area contributed by atoms with Gasteiger partial charge < -0.3 is 9.15 Å². The lowest BCUT2D eigenvalue weighted by molar-refractivity contribution is 0.306. The van der Waals surface area contributed by atoms with E-state index in [1.54, 1.807) is 13.1 Å². The van der Waals surface area contributed by atoms with Crippen LogP contribution < -0.4 is 10.2 Å². The quantitative estimate of drug-likeness (QED) is 0.547. The Kier molecular flexibility index (Phi) is 5.07. The second-order valence-electron chi connectivity index (χ2n) is 5.24. The molecule has 2 aromatic carbocycles. The number of anilines is 1. The summed E-state index contributed by atoms with van der Waals surface area (Å²) in [6.07, 6.45) is 1.62. The number of nitrogens with one attached hydrogen (secondary N) is 1. The number of nitrogens with zero attached hydrogens (tertiary/aromatic N) is 3. The van der Waals surface area contributed by atoms with Crippen molar-refractivity contribution in [2.45, 2.75) is 13.5 Å². The minimum atomic E-state index is 0.180. The van der Waals surface area contributed by atoms with Gasteiger partial charge in [0.05, 0.1) is 6.21 Å². The van der Waals surface area contributed by atoms with Crippen molar-refractivity contribution < 1.29 is 9.15 Å². The van der Waals surface area contributed by atoms with Gasteiger partial charge in [0.2, 0.25) is 5.69 Å². The number of hydrazone groups is 1. The monoisotopic (exact) mass is 332 g/mol. The molecule has 0 aliphatic carbocycles. The Balaban J connectivity index is 1.56. The standard InChI is InChI=1S/C19H16N4O2/c1-14-22-18(11-20)19(25-14)23-21-12-15-7-9-17(10-8-15)24-13-16-5-3-2-4-6-16/h2-10,12,23H,13H2,1H3/b21-12+. The molecule has 3 aromatic rings. The minimum Gasteiger partial charge on any atom is -0.489 e. The number of benzene rings is 2. The molecule has 124 valence electrons. The summed E-state index contributed by atoms with van der Waals surface area (Å²) in [6.45, 7) is 2.20. The Labute approximate surface area is 145 Å². The Morgan fingerprint density at radius 3 is 2.68 bits per heavy atom. The summed E-state index contributed by atoms with van der Waals surface area (Å²) in [7, 11) is 0. The molecule has 0 saturated carbocycles. The highest BCUT2D eigenvalue weighted by Gasteiger charge is 2.08. The van der Waals surface area contributed by atoms with Crippen molar-refractivity contribution in [3.05, 3.63) is 77.3 Å². The van der Waals surface area contributed by atoms with E-state index < -0.39 is 0 Å². The van der Waals surface area contributed by atoms with Gasteiger partial charge in [0.15, 0.2) is 5.89 Å². The molecule has 25 heavy (non-hydrogen) atoms. The van der Waals surface area contributed by atoms with E-state index in [0.29, 0.717) is 12.5 Å². The van der Waals surface area contributed by atoms with Gasteiger partial charge in [-0.15, -0.1) is 0 Å². The van der Waals surface area contributed by atoms with Crippen LogP contribution in [0.1, 0.15) is 22.7 Å². The third kappa shape index (κ3) is 4.45. The molecular formula is C19H16N4O2. The first-order chi connectivity index (χ1) is 12.2. The molecule has 0 spiro atoms. The molecule has 0 fully saturated rings. The Bertz CT molecular complexity index is 893. The van der Waals surface area contributed by atoms with E-state index >= 15 is 0 Å². The highest BCUT2D eigenvalue weighted by atomic mass is 16.5. The highest BCUT2D eigenvalue weighted by Crippen LogP contribution is 2.16. The van der Waals surface area contributed by atoms with E-state index in [2.05, 4.69) is 15.5 Å². The minimum absolute atomic E-state index is 0.180. The first-order valence-corrected chi connectivity index (χ1v) is 7.68. The summed E-state index contributed by atoms with van der Waals surface area (Å²) >= 11 is 0. The molecule has 6 heteroatoms. The van der Waals surface area contributed by atoms with Crippen LogP contribution >= 0.6 is 0 Å². The van der Waals surface area contributed by atoms with Crippen molar-refractivity contribution in [3.8, 4) is 11.8 Å². The number of ether oxygens (including phenoxy) is 1. The van der Waals surface area contributed by atoms with Gasteiger partial charge in [-0.3, -0.25) is 0 Å². The molecule has 1 aromatic heterocycles. The van der Waals surface area contributed by atoms with Crippen LogP contribution in [0.5, 0.6) is 5.75 Å². The van der Waals surface area contributed by atoms with E-state index in [-0.39, 0.29) is 11.6 Å². The first-order valence-electron chi connectivity index (χ1n) is 7.68.